The quantitative estimate of drug-likeness (QED) is 0.900. The molecule has 1 saturated heterocycles. The number of ether oxygens (including phenoxy) is 1. The molecule has 1 N–H and O–H groups in total. The van der Waals surface area contributed by atoms with Crippen LogP contribution in [0.5, 0.6) is 0 Å². The Morgan fingerprint density at radius 2 is 2.25 bits per heavy atom. The van der Waals surface area contributed by atoms with Crippen LogP contribution in [0.25, 0.3) is 0 Å². The van der Waals surface area contributed by atoms with E-state index < -0.39 is 5.60 Å². The number of halogens is 1. The smallest absolute Gasteiger partial charge is 0.410 e. The van der Waals surface area contributed by atoms with E-state index in [0.717, 1.165) is 25.9 Å². The van der Waals surface area contributed by atoms with Gasteiger partial charge in [-0.25, -0.2) is 9.89 Å². The van der Waals surface area contributed by atoms with Gasteiger partial charge >= 0.3 is 6.09 Å². The van der Waals surface area contributed by atoms with Crippen molar-refractivity contribution in [2.45, 2.75) is 39.2 Å². The third-order valence-corrected chi connectivity index (χ3v) is 4.24. The third kappa shape index (κ3) is 4.87. The van der Waals surface area contributed by atoms with Crippen molar-refractivity contribution in [3.05, 3.63) is 21.6 Å². The third-order valence-electron chi connectivity index (χ3n) is 3.87. The molecule has 24 heavy (non-hydrogen) atoms. The van der Waals surface area contributed by atoms with Crippen LogP contribution in [0.15, 0.2) is 11.0 Å². The molecule has 0 saturated carbocycles. The average molecular weight is 357 g/mol. The summed E-state index contributed by atoms with van der Waals surface area (Å²) in [6, 6.07) is 0. The second-order valence-electron chi connectivity index (χ2n) is 7.21. The highest BCUT2D eigenvalue weighted by Gasteiger charge is 2.26. The summed E-state index contributed by atoms with van der Waals surface area (Å²) in [5, 5.41) is 6.31. The Morgan fingerprint density at radius 3 is 2.92 bits per heavy atom. The summed E-state index contributed by atoms with van der Waals surface area (Å²) in [4.78, 5) is 27.4. The summed E-state index contributed by atoms with van der Waals surface area (Å²) in [6.07, 6.45) is 3.23. The van der Waals surface area contributed by atoms with E-state index >= 15 is 0 Å². The van der Waals surface area contributed by atoms with Crippen molar-refractivity contribution in [1.82, 2.24) is 15.1 Å². The first-order valence-corrected chi connectivity index (χ1v) is 8.47. The number of rotatable bonds is 3. The Hall–Kier alpha value is -1.76. The summed E-state index contributed by atoms with van der Waals surface area (Å²) in [6.45, 7) is 7.68. The first-order chi connectivity index (χ1) is 11.2. The molecule has 0 radical (unpaired) electrons. The Bertz CT molecular complexity index is 641. The van der Waals surface area contributed by atoms with E-state index in [9.17, 15) is 9.59 Å². The van der Waals surface area contributed by atoms with Crippen molar-refractivity contribution >= 4 is 23.4 Å². The van der Waals surface area contributed by atoms with Gasteiger partial charge in [-0.05, 0) is 39.5 Å². The van der Waals surface area contributed by atoms with Crippen molar-refractivity contribution in [3.63, 3.8) is 0 Å². The molecular weight excluding hydrogens is 332 g/mol. The molecule has 1 aliphatic rings. The van der Waals surface area contributed by atoms with Crippen LogP contribution in [-0.4, -0.2) is 53.5 Å². The van der Waals surface area contributed by atoms with E-state index in [1.807, 2.05) is 20.8 Å². The number of aromatic amines is 1. The zero-order chi connectivity index (χ0) is 17.9. The number of carbonyl (C=O) groups excluding carboxylic acids is 1. The van der Waals surface area contributed by atoms with Gasteiger partial charge in [-0.1, -0.05) is 11.6 Å². The van der Waals surface area contributed by atoms with Crippen molar-refractivity contribution in [3.8, 4) is 0 Å². The monoisotopic (exact) mass is 356 g/mol. The molecule has 0 aromatic carbocycles. The number of hydrogen-bond donors (Lipinski definition) is 1. The van der Waals surface area contributed by atoms with Crippen LogP contribution < -0.4 is 10.5 Å². The number of amides is 1. The van der Waals surface area contributed by atoms with Gasteiger partial charge in [0.15, 0.2) is 0 Å². The molecule has 1 fully saturated rings. The maximum atomic E-state index is 12.1. The summed E-state index contributed by atoms with van der Waals surface area (Å²) in [5.41, 5.74) is -0.249. The topological polar surface area (TPSA) is 78.5 Å². The summed E-state index contributed by atoms with van der Waals surface area (Å²) in [5.74, 6) is 0.284. The minimum atomic E-state index is -0.506. The van der Waals surface area contributed by atoms with Crippen LogP contribution in [0, 0.1) is 5.92 Å². The van der Waals surface area contributed by atoms with Crippen LogP contribution in [0.1, 0.15) is 33.6 Å². The standard InChI is InChI=1S/C16H25ClN4O3/c1-16(2,3)24-15(23)20(4)9-11-6-5-7-21(10-11)12-8-18-19-14(22)13(12)17/h8,11H,5-7,9-10H2,1-4H3,(H,19,22). The van der Waals surface area contributed by atoms with E-state index in [1.165, 1.54) is 0 Å². The fourth-order valence-electron chi connectivity index (χ4n) is 2.83. The minimum Gasteiger partial charge on any atom is -0.444 e. The van der Waals surface area contributed by atoms with Crippen molar-refractivity contribution in [1.29, 1.82) is 0 Å². The molecule has 2 rings (SSSR count). The van der Waals surface area contributed by atoms with Gasteiger partial charge in [-0.15, -0.1) is 0 Å². The molecule has 0 spiro atoms. The van der Waals surface area contributed by atoms with Gasteiger partial charge in [0.25, 0.3) is 5.56 Å². The highest BCUT2D eigenvalue weighted by atomic mass is 35.5. The fraction of sp³-hybridized carbons (Fsp3) is 0.688. The fourth-order valence-corrected chi connectivity index (χ4v) is 3.04. The summed E-state index contributed by atoms with van der Waals surface area (Å²) < 4.78 is 5.38. The number of nitrogens with zero attached hydrogens (tertiary/aromatic N) is 3. The molecule has 7 nitrogen and oxygen atoms in total. The minimum absolute atomic E-state index is 0.158. The predicted octanol–water partition coefficient (Wildman–Crippen LogP) is 2.51. The Balaban J connectivity index is 1.99. The second-order valence-corrected chi connectivity index (χ2v) is 7.59. The lowest BCUT2D eigenvalue weighted by Gasteiger charge is -2.36. The molecule has 134 valence electrons. The largest absolute Gasteiger partial charge is 0.444 e. The van der Waals surface area contributed by atoms with E-state index in [2.05, 4.69) is 15.1 Å². The van der Waals surface area contributed by atoms with Gasteiger partial charge in [0.1, 0.15) is 10.6 Å². The molecule has 1 aromatic heterocycles. The highest BCUT2D eigenvalue weighted by Crippen LogP contribution is 2.27. The molecule has 2 heterocycles. The Kier molecular flexibility index (Phi) is 5.74. The molecule has 1 aliphatic heterocycles. The van der Waals surface area contributed by atoms with Gasteiger partial charge < -0.3 is 14.5 Å². The van der Waals surface area contributed by atoms with Gasteiger partial charge in [-0.2, -0.15) is 5.10 Å². The summed E-state index contributed by atoms with van der Waals surface area (Å²) in [7, 11) is 1.74. The molecule has 8 heteroatoms. The number of anilines is 1. The molecule has 1 amide bonds. The lowest BCUT2D eigenvalue weighted by Crippen LogP contribution is -2.43. The number of H-pyrrole nitrogens is 1. The van der Waals surface area contributed by atoms with Crippen molar-refractivity contribution in [2.75, 3.05) is 31.6 Å². The number of hydrogen-bond acceptors (Lipinski definition) is 5. The first-order valence-electron chi connectivity index (χ1n) is 8.09. The molecule has 0 bridgehead atoms. The maximum Gasteiger partial charge on any atom is 0.410 e. The van der Waals surface area contributed by atoms with Crippen LogP contribution in [0.2, 0.25) is 5.02 Å². The summed E-state index contributed by atoms with van der Waals surface area (Å²) >= 11 is 6.09. The van der Waals surface area contributed by atoms with Gasteiger partial charge in [0.2, 0.25) is 0 Å². The molecule has 1 aromatic rings. The molecule has 1 unspecified atom stereocenters. The van der Waals surface area contributed by atoms with Crippen LogP contribution in [0.4, 0.5) is 10.5 Å². The van der Waals surface area contributed by atoms with Gasteiger partial charge in [0.05, 0.1) is 11.9 Å². The number of aromatic nitrogens is 2. The van der Waals surface area contributed by atoms with Gasteiger partial charge in [0, 0.05) is 26.7 Å². The second kappa shape index (κ2) is 7.42. The Morgan fingerprint density at radius 1 is 1.54 bits per heavy atom. The maximum absolute atomic E-state index is 12.1. The van der Waals surface area contributed by atoms with Crippen LogP contribution in [-0.2, 0) is 4.74 Å². The van der Waals surface area contributed by atoms with Crippen LogP contribution in [0.3, 0.4) is 0 Å². The SMILES string of the molecule is CN(CC1CCCN(c2cn[nH]c(=O)c2Cl)C1)C(=O)OC(C)(C)C. The van der Waals surface area contributed by atoms with E-state index in [0.29, 0.717) is 12.2 Å². The first kappa shape index (κ1) is 18.6. The zero-order valence-corrected chi connectivity index (χ0v) is 15.4. The average Bonchev–Trinajstić information content (AvgIpc) is 2.48. The van der Waals surface area contributed by atoms with Crippen molar-refractivity contribution < 1.29 is 9.53 Å². The molecule has 1 atom stereocenters. The van der Waals surface area contributed by atoms with Crippen LogP contribution >= 0.6 is 11.6 Å². The lowest BCUT2D eigenvalue weighted by atomic mass is 9.97. The highest BCUT2D eigenvalue weighted by molar-refractivity contribution is 6.32. The van der Waals surface area contributed by atoms with E-state index in [4.69, 9.17) is 16.3 Å². The molecular formula is C16H25ClN4O3. The number of carbonyl (C=O) groups is 1. The van der Waals surface area contributed by atoms with E-state index in [-0.39, 0.29) is 22.6 Å². The normalized spacial score (nSPS) is 18.4. The number of piperidine rings is 1. The Labute approximate surface area is 146 Å². The predicted molar refractivity (Wildman–Crippen MR) is 93.7 cm³/mol. The number of nitrogens with one attached hydrogen (secondary N) is 1. The van der Waals surface area contributed by atoms with Crippen molar-refractivity contribution in [2.24, 2.45) is 5.92 Å². The van der Waals surface area contributed by atoms with Gasteiger partial charge in [-0.3, -0.25) is 4.79 Å². The van der Waals surface area contributed by atoms with E-state index in [1.54, 1.807) is 18.1 Å². The molecule has 0 aliphatic carbocycles. The zero-order valence-electron chi connectivity index (χ0n) is 14.6. The lowest BCUT2D eigenvalue weighted by molar-refractivity contribution is 0.0269.